The summed E-state index contributed by atoms with van der Waals surface area (Å²) in [5, 5.41) is 3.63. The molecule has 0 saturated heterocycles. The molecule has 1 amide bonds. The van der Waals surface area contributed by atoms with Gasteiger partial charge in [-0.15, -0.1) is 0 Å². The van der Waals surface area contributed by atoms with Crippen molar-refractivity contribution in [3.63, 3.8) is 0 Å². The molecule has 31 heavy (non-hydrogen) atoms. The first-order valence-corrected chi connectivity index (χ1v) is 10.4. The predicted octanol–water partition coefficient (Wildman–Crippen LogP) is 2.73. The smallest absolute Gasteiger partial charge is 0.276 e. The molecule has 0 spiro atoms. The lowest BCUT2D eigenvalue weighted by Gasteiger charge is -2.17. The van der Waals surface area contributed by atoms with Crippen molar-refractivity contribution in [3.8, 4) is 11.4 Å². The SMILES string of the molecule is CCN(CC)CCNC(=O)c1ccc2[nH]c(-c3nc4ccccc4[nH]c3=O)c(N)c2c1. The third kappa shape index (κ3) is 4.02. The van der Waals surface area contributed by atoms with Crippen molar-refractivity contribution in [2.75, 3.05) is 31.9 Å². The fraction of sp³-hybridized carbons (Fsp3) is 0.261. The van der Waals surface area contributed by atoms with Crippen LogP contribution in [0.15, 0.2) is 47.3 Å². The minimum atomic E-state index is -0.327. The van der Waals surface area contributed by atoms with E-state index in [-0.39, 0.29) is 17.2 Å². The molecule has 0 bridgehead atoms. The van der Waals surface area contributed by atoms with Gasteiger partial charge in [0.25, 0.3) is 11.5 Å². The monoisotopic (exact) mass is 418 g/mol. The quantitative estimate of drug-likeness (QED) is 0.368. The maximum atomic E-state index is 12.6. The molecule has 5 N–H and O–H groups in total. The van der Waals surface area contributed by atoms with E-state index in [1.165, 1.54) is 0 Å². The molecule has 0 aliphatic heterocycles. The van der Waals surface area contributed by atoms with Crippen molar-refractivity contribution >= 4 is 33.5 Å². The number of nitrogens with zero attached hydrogens (tertiary/aromatic N) is 2. The summed E-state index contributed by atoms with van der Waals surface area (Å²) in [5.74, 6) is -0.155. The number of aromatic amines is 2. The van der Waals surface area contributed by atoms with Crippen LogP contribution in [-0.4, -0.2) is 51.9 Å². The third-order valence-electron chi connectivity index (χ3n) is 5.55. The second-order valence-corrected chi connectivity index (χ2v) is 7.39. The molecule has 8 heteroatoms. The Bertz CT molecular complexity index is 1300. The van der Waals surface area contributed by atoms with E-state index in [1.54, 1.807) is 24.3 Å². The topological polar surface area (TPSA) is 120 Å². The molecule has 0 atom stereocenters. The molecular formula is C23H26N6O2. The zero-order valence-corrected chi connectivity index (χ0v) is 17.7. The highest BCUT2D eigenvalue weighted by atomic mass is 16.1. The molecule has 0 aliphatic rings. The Morgan fingerprint density at radius 2 is 1.87 bits per heavy atom. The Morgan fingerprint density at radius 1 is 1.10 bits per heavy atom. The maximum Gasteiger partial charge on any atom is 0.276 e. The number of amides is 1. The lowest BCUT2D eigenvalue weighted by molar-refractivity contribution is 0.0949. The fourth-order valence-corrected chi connectivity index (χ4v) is 3.71. The first kappa shape index (κ1) is 20.6. The van der Waals surface area contributed by atoms with Gasteiger partial charge in [0, 0.05) is 29.6 Å². The molecule has 2 aromatic heterocycles. The lowest BCUT2D eigenvalue weighted by atomic mass is 10.1. The Hall–Kier alpha value is -3.65. The second-order valence-electron chi connectivity index (χ2n) is 7.39. The van der Waals surface area contributed by atoms with Crippen molar-refractivity contribution in [3.05, 3.63) is 58.4 Å². The van der Waals surface area contributed by atoms with E-state index < -0.39 is 0 Å². The van der Waals surface area contributed by atoms with Gasteiger partial charge in [-0.1, -0.05) is 26.0 Å². The first-order chi connectivity index (χ1) is 15.0. The Balaban J connectivity index is 1.64. The molecule has 2 aromatic carbocycles. The van der Waals surface area contributed by atoms with Gasteiger partial charge in [0.05, 0.1) is 22.4 Å². The molecule has 0 aliphatic carbocycles. The van der Waals surface area contributed by atoms with Gasteiger partial charge in [-0.3, -0.25) is 9.59 Å². The Labute approximate surface area is 179 Å². The van der Waals surface area contributed by atoms with Gasteiger partial charge in [-0.05, 0) is 43.4 Å². The number of benzene rings is 2. The normalized spacial score (nSPS) is 11.5. The van der Waals surface area contributed by atoms with Gasteiger partial charge in [0.2, 0.25) is 0 Å². The van der Waals surface area contributed by atoms with E-state index in [0.29, 0.717) is 39.9 Å². The first-order valence-electron chi connectivity index (χ1n) is 10.4. The number of aromatic nitrogens is 3. The standard InChI is InChI=1S/C23H26N6O2/c1-3-29(4-2)12-11-25-22(30)14-9-10-16-15(13-14)19(24)20(26-16)21-23(31)28-18-8-6-5-7-17(18)27-21/h5-10,13,26H,3-4,11-12,24H2,1-2H3,(H,25,30)(H,28,31). The van der Waals surface area contributed by atoms with E-state index in [4.69, 9.17) is 5.73 Å². The van der Waals surface area contributed by atoms with Gasteiger partial charge in [-0.25, -0.2) is 4.98 Å². The number of nitrogens with one attached hydrogen (secondary N) is 3. The highest BCUT2D eigenvalue weighted by Gasteiger charge is 2.17. The van der Waals surface area contributed by atoms with Crippen molar-refractivity contribution in [2.24, 2.45) is 0 Å². The summed E-state index contributed by atoms with van der Waals surface area (Å²) in [7, 11) is 0. The van der Waals surface area contributed by atoms with Crippen LogP contribution in [0.1, 0.15) is 24.2 Å². The molecular weight excluding hydrogens is 392 g/mol. The lowest BCUT2D eigenvalue weighted by Crippen LogP contribution is -2.34. The molecule has 0 unspecified atom stereocenters. The summed E-state index contributed by atoms with van der Waals surface area (Å²) in [6, 6.07) is 12.6. The second kappa shape index (κ2) is 8.61. The fourth-order valence-electron chi connectivity index (χ4n) is 3.71. The molecule has 160 valence electrons. The van der Waals surface area contributed by atoms with Gasteiger partial charge in [0.15, 0.2) is 5.69 Å². The van der Waals surface area contributed by atoms with E-state index in [9.17, 15) is 9.59 Å². The number of nitrogens with two attached hydrogens (primary N) is 1. The van der Waals surface area contributed by atoms with Crippen LogP contribution < -0.4 is 16.6 Å². The molecule has 0 saturated carbocycles. The number of H-pyrrole nitrogens is 2. The maximum absolute atomic E-state index is 12.6. The van der Waals surface area contributed by atoms with Gasteiger partial charge < -0.3 is 25.9 Å². The van der Waals surface area contributed by atoms with E-state index >= 15 is 0 Å². The molecule has 0 fully saturated rings. The predicted molar refractivity (Wildman–Crippen MR) is 124 cm³/mol. The summed E-state index contributed by atoms with van der Waals surface area (Å²) in [6.07, 6.45) is 0. The Morgan fingerprint density at radius 3 is 2.65 bits per heavy atom. The minimum Gasteiger partial charge on any atom is -0.396 e. The van der Waals surface area contributed by atoms with Crippen LogP contribution in [0.5, 0.6) is 0 Å². The number of hydrogen-bond acceptors (Lipinski definition) is 5. The third-order valence-corrected chi connectivity index (χ3v) is 5.55. The van der Waals surface area contributed by atoms with Crippen molar-refractivity contribution < 1.29 is 4.79 Å². The van der Waals surface area contributed by atoms with Crippen LogP contribution >= 0.6 is 0 Å². The average Bonchev–Trinajstić information content (AvgIpc) is 3.11. The number of carbonyl (C=O) groups is 1. The van der Waals surface area contributed by atoms with E-state index in [1.807, 2.05) is 18.2 Å². The van der Waals surface area contributed by atoms with Gasteiger partial charge >= 0.3 is 0 Å². The molecule has 4 rings (SSSR count). The highest BCUT2D eigenvalue weighted by Crippen LogP contribution is 2.31. The summed E-state index contributed by atoms with van der Waals surface area (Å²) >= 11 is 0. The Kier molecular flexibility index (Phi) is 5.73. The van der Waals surface area contributed by atoms with Crippen LogP contribution in [0.2, 0.25) is 0 Å². The number of rotatable bonds is 7. The summed E-state index contributed by atoms with van der Waals surface area (Å²) in [6.45, 7) is 7.46. The highest BCUT2D eigenvalue weighted by molar-refractivity contribution is 6.04. The van der Waals surface area contributed by atoms with Crippen LogP contribution in [0.4, 0.5) is 5.69 Å². The van der Waals surface area contributed by atoms with E-state index in [0.717, 1.165) is 25.2 Å². The largest absolute Gasteiger partial charge is 0.396 e. The average molecular weight is 419 g/mol. The number of hydrogen-bond donors (Lipinski definition) is 4. The minimum absolute atomic E-state index is 0.155. The van der Waals surface area contributed by atoms with Gasteiger partial charge in [-0.2, -0.15) is 0 Å². The number of fused-ring (bicyclic) bond motifs is 2. The molecule has 8 nitrogen and oxygen atoms in total. The van der Waals surface area contributed by atoms with Crippen LogP contribution in [0.25, 0.3) is 33.3 Å². The number of nitrogen functional groups attached to an aromatic ring is 1. The summed E-state index contributed by atoms with van der Waals surface area (Å²) in [4.78, 5) is 37.9. The number of para-hydroxylation sites is 2. The summed E-state index contributed by atoms with van der Waals surface area (Å²) in [5.41, 5.74) is 9.68. The zero-order valence-electron chi connectivity index (χ0n) is 17.7. The summed E-state index contributed by atoms with van der Waals surface area (Å²) < 4.78 is 0. The number of likely N-dealkylation sites (N-methyl/N-ethyl adjacent to an activating group) is 1. The number of carbonyl (C=O) groups excluding carboxylic acids is 1. The van der Waals surface area contributed by atoms with Crippen LogP contribution in [0, 0.1) is 0 Å². The van der Waals surface area contributed by atoms with E-state index in [2.05, 4.69) is 39.0 Å². The molecule has 2 heterocycles. The zero-order chi connectivity index (χ0) is 22.0. The number of anilines is 1. The molecule has 0 radical (unpaired) electrons. The van der Waals surface area contributed by atoms with Crippen LogP contribution in [-0.2, 0) is 0 Å². The van der Waals surface area contributed by atoms with Crippen LogP contribution in [0.3, 0.4) is 0 Å². The van der Waals surface area contributed by atoms with Crippen molar-refractivity contribution in [2.45, 2.75) is 13.8 Å². The van der Waals surface area contributed by atoms with Crippen molar-refractivity contribution in [1.82, 2.24) is 25.2 Å². The molecule has 4 aromatic rings. The van der Waals surface area contributed by atoms with Crippen molar-refractivity contribution in [1.29, 1.82) is 0 Å². The van der Waals surface area contributed by atoms with Gasteiger partial charge in [0.1, 0.15) is 0 Å².